The van der Waals surface area contributed by atoms with E-state index in [4.69, 9.17) is 9.40 Å². The molecule has 0 atom stereocenters. The molecule has 12 aromatic rings. The highest BCUT2D eigenvalue weighted by molar-refractivity contribution is 6.14. The second kappa shape index (κ2) is 13.3. The minimum absolute atomic E-state index is 0.857. The molecule has 0 aliphatic carbocycles. The van der Waals surface area contributed by atoms with E-state index in [2.05, 4.69) is 209 Å². The van der Waals surface area contributed by atoms with Crippen molar-refractivity contribution >= 4 is 54.8 Å². The van der Waals surface area contributed by atoms with Crippen molar-refractivity contribution in [3.8, 4) is 56.1 Å². The molecule has 0 aliphatic rings. The van der Waals surface area contributed by atoms with E-state index in [9.17, 15) is 0 Å². The van der Waals surface area contributed by atoms with Crippen molar-refractivity contribution in [1.82, 2.24) is 14.1 Å². The molecule has 0 amide bonds. The van der Waals surface area contributed by atoms with Crippen LogP contribution in [0.4, 0.5) is 0 Å². The fourth-order valence-electron chi connectivity index (χ4n) is 8.97. The van der Waals surface area contributed by atoms with Gasteiger partial charge < -0.3 is 8.98 Å². The number of furan rings is 1. The van der Waals surface area contributed by atoms with Crippen LogP contribution in [0.25, 0.3) is 111 Å². The lowest BCUT2D eigenvalue weighted by molar-refractivity contribution is 0.668. The van der Waals surface area contributed by atoms with Crippen molar-refractivity contribution in [2.45, 2.75) is 0 Å². The number of imidazole rings is 1. The molecule has 4 heteroatoms. The molecule has 3 heterocycles. The van der Waals surface area contributed by atoms with E-state index in [1.165, 1.54) is 33.0 Å². The van der Waals surface area contributed by atoms with Crippen LogP contribution in [0.1, 0.15) is 0 Å². The minimum atomic E-state index is 0.857. The third-order valence-corrected chi connectivity index (χ3v) is 11.7. The van der Waals surface area contributed by atoms with Gasteiger partial charge >= 0.3 is 0 Å². The number of hydrogen-bond donors (Lipinski definition) is 0. The molecule has 0 unspecified atom stereocenters. The van der Waals surface area contributed by atoms with Gasteiger partial charge in [0.25, 0.3) is 0 Å². The molecule has 0 saturated heterocycles. The van der Waals surface area contributed by atoms with Gasteiger partial charge in [0.2, 0.25) is 0 Å². The molecule has 12 rings (SSSR count). The van der Waals surface area contributed by atoms with E-state index in [-0.39, 0.29) is 0 Å². The van der Waals surface area contributed by atoms with Crippen LogP contribution in [0, 0.1) is 0 Å². The van der Waals surface area contributed by atoms with Crippen molar-refractivity contribution in [2.24, 2.45) is 0 Å². The maximum absolute atomic E-state index is 6.70. The molecule has 3 aromatic heterocycles. The number of rotatable bonds is 6. The average molecular weight is 754 g/mol. The summed E-state index contributed by atoms with van der Waals surface area (Å²) in [5.41, 5.74) is 16.4. The lowest BCUT2D eigenvalue weighted by Gasteiger charge is -2.11. The topological polar surface area (TPSA) is 35.9 Å². The lowest BCUT2D eigenvalue weighted by atomic mass is 9.99. The smallest absolute Gasteiger partial charge is 0.145 e. The number of para-hydroxylation sites is 2. The third-order valence-electron chi connectivity index (χ3n) is 11.7. The Kier molecular flexibility index (Phi) is 7.50. The zero-order valence-electron chi connectivity index (χ0n) is 32.0. The van der Waals surface area contributed by atoms with Gasteiger partial charge in [-0.25, -0.2) is 4.98 Å². The fraction of sp³-hybridized carbons (Fsp3) is 0. The van der Waals surface area contributed by atoms with Crippen LogP contribution in [0.5, 0.6) is 0 Å². The Morgan fingerprint density at radius 1 is 0.339 bits per heavy atom. The predicted molar refractivity (Wildman–Crippen MR) is 244 cm³/mol. The summed E-state index contributed by atoms with van der Waals surface area (Å²) in [5, 5.41) is 4.64. The molecule has 0 N–H and O–H groups in total. The predicted octanol–water partition coefficient (Wildman–Crippen LogP) is 14.7. The second-order valence-corrected chi connectivity index (χ2v) is 15.2. The van der Waals surface area contributed by atoms with Gasteiger partial charge in [0.1, 0.15) is 17.0 Å². The van der Waals surface area contributed by atoms with Gasteiger partial charge in [-0.1, -0.05) is 140 Å². The van der Waals surface area contributed by atoms with E-state index in [0.29, 0.717) is 0 Å². The van der Waals surface area contributed by atoms with Crippen molar-refractivity contribution in [3.63, 3.8) is 0 Å². The summed E-state index contributed by atoms with van der Waals surface area (Å²) in [6.45, 7) is 0. The maximum atomic E-state index is 6.70. The number of hydrogen-bond acceptors (Lipinski definition) is 2. The van der Waals surface area contributed by atoms with Gasteiger partial charge in [0.15, 0.2) is 0 Å². The highest BCUT2D eigenvalue weighted by Gasteiger charge is 2.19. The number of fused-ring (bicyclic) bond motifs is 7. The van der Waals surface area contributed by atoms with Crippen LogP contribution in [-0.4, -0.2) is 14.1 Å². The molecule has 0 radical (unpaired) electrons. The van der Waals surface area contributed by atoms with Crippen LogP contribution in [0.15, 0.2) is 217 Å². The van der Waals surface area contributed by atoms with Crippen molar-refractivity contribution in [3.05, 3.63) is 212 Å². The van der Waals surface area contributed by atoms with Gasteiger partial charge in [0, 0.05) is 44.5 Å². The minimum Gasteiger partial charge on any atom is -0.456 e. The highest BCUT2D eigenvalue weighted by Crippen LogP contribution is 2.41. The molecule has 9 aromatic carbocycles. The van der Waals surface area contributed by atoms with Crippen molar-refractivity contribution in [1.29, 1.82) is 0 Å². The molecule has 0 spiro atoms. The monoisotopic (exact) mass is 753 g/mol. The molecular formula is C55H35N3O. The SMILES string of the molecule is c1ccc(-c2ccc3c(c2)c2cc(-c4ccccc4)ccc2n3-c2ccc3c(c2)oc2cccc(-c4ccc(-n5c(-c6ccccc6)nc6ccccc65)cc4)c23)cc1. The van der Waals surface area contributed by atoms with E-state index >= 15 is 0 Å². The Labute approximate surface area is 340 Å². The first-order valence-electron chi connectivity index (χ1n) is 20.0. The number of nitrogens with zero attached hydrogens (tertiary/aromatic N) is 3. The van der Waals surface area contributed by atoms with Crippen LogP contribution < -0.4 is 0 Å². The highest BCUT2D eigenvalue weighted by atomic mass is 16.3. The normalized spacial score (nSPS) is 11.7. The standard InChI is InChI=1S/C55H35N3O/c1-4-13-36(14-5-1)40-25-31-49-46(33-40)47-34-41(37-15-6-2-7-16-37)26-32-50(47)57(49)43-29-30-45-53(35-43)59-52-22-12-19-44(54(45)52)38-23-27-42(28-24-38)58-51-21-11-10-20-48(51)56-55(58)39-17-8-3-9-18-39/h1-35H. The molecule has 4 nitrogen and oxygen atoms in total. The Morgan fingerprint density at radius 3 is 1.58 bits per heavy atom. The Hall–Kier alpha value is -7.95. The molecule has 59 heavy (non-hydrogen) atoms. The van der Waals surface area contributed by atoms with E-state index in [0.717, 1.165) is 77.9 Å². The van der Waals surface area contributed by atoms with Gasteiger partial charge in [-0.3, -0.25) is 4.57 Å². The van der Waals surface area contributed by atoms with Crippen molar-refractivity contribution < 1.29 is 4.42 Å². The summed E-state index contributed by atoms with van der Waals surface area (Å²) < 4.78 is 11.3. The quantitative estimate of drug-likeness (QED) is 0.169. The zero-order chi connectivity index (χ0) is 38.9. The molecule has 0 fully saturated rings. The van der Waals surface area contributed by atoms with E-state index in [1.54, 1.807) is 0 Å². The van der Waals surface area contributed by atoms with Crippen LogP contribution >= 0.6 is 0 Å². The Morgan fingerprint density at radius 2 is 0.915 bits per heavy atom. The first-order chi connectivity index (χ1) is 29.2. The average Bonchev–Trinajstić information content (AvgIpc) is 3.99. The van der Waals surface area contributed by atoms with E-state index < -0.39 is 0 Å². The number of aromatic nitrogens is 3. The Bertz CT molecular complexity index is 3430. The fourth-order valence-corrected chi connectivity index (χ4v) is 8.97. The Balaban J connectivity index is 0.982. The molecule has 0 bridgehead atoms. The molecule has 0 saturated carbocycles. The molecular weight excluding hydrogens is 719 g/mol. The van der Waals surface area contributed by atoms with Gasteiger partial charge in [-0.15, -0.1) is 0 Å². The maximum Gasteiger partial charge on any atom is 0.145 e. The van der Waals surface area contributed by atoms with Crippen LogP contribution in [0.2, 0.25) is 0 Å². The summed E-state index contributed by atoms with van der Waals surface area (Å²) in [5.74, 6) is 0.926. The molecule has 276 valence electrons. The molecule has 0 aliphatic heterocycles. The summed E-state index contributed by atoms with van der Waals surface area (Å²) in [6, 6.07) is 75.5. The zero-order valence-corrected chi connectivity index (χ0v) is 32.0. The first-order valence-corrected chi connectivity index (χ1v) is 20.0. The van der Waals surface area contributed by atoms with Crippen LogP contribution in [0.3, 0.4) is 0 Å². The van der Waals surface area contributed by atoms with Crippen molar-refractivity contribution in [2.75, 3.05) is 0 Å². The van der Waals surface area contributed by atoms with Gasteiger partial charge in [-0.2, -0.15) is 0 Å². The van der Waals surface area contributed by atoms with Crippen LogP contribution in [-0.2, 0) is 0 Å². The van der Waals surface area contributed by atoms with Gasteiger partial charge in [-0.05, 0) is 100 Å². The second-order valence-electron chi connectivity index (χ2n) is 15.2. The third kappa shape index (κ3) is 5.42. The summed E-state index contributed by atoms with van der Waals surface area (Å²) in [4.78, 5) is 5.05. The largest absolute Gasteiger partial charge is 0.456 e. The first kappa shape index (κ1) is 33.2. The summed E-state index contributed by atoms with van der Waals surface area (Å²) in [6.07, 6.45) is 0. The number of benzene rings is 9. The van der Waals surface area contributed by atoms with Gasteiger partial charge in [0.05, 0.1) is 22.1 Å². The summed E-state index contributed by atoms with van der Waals surface area (Å²) in [7, 11) is 0. The summed E-state index contributed by atoms with van der Waals surface area (Å²) >= 11 is 0. The van der Waals surface area contributed by atoms with E-state index in [1.807, 2.05) is 12.1 Å². The lowest BCUT2D eigenvalue weighted by Crippen LogP contribution is -1.97.